The third-order valence-electron chi connectivity index (χ3n) is 5.74. The van der Waals surface area contributed by atoms with Crippen molar-refractivity contribution in [3.8, 4) is 0 Å². The van der Waals surface area contributed by atoms with Crippen LogP contribution in [0.5, 0.6) is 0 Å². The molecule has 2 aromatic rings. The molecule has 0 saturated carbocycles. The molecule has 40 heavy (non-hydrogen) atoms. The molecule has 0 radical (unpaired) electrons. The van der Waals surface area contributed by atoms with Gasteiger partial charge in [0.15, 0.2) is 0 Å². The van der Waals surface area contributed by atoms with E-state index in [4.69, 9.17) is 11.5 Å². The van der Waals surface area contributed by atoms with E-state index in [-0.39, 0.29) is 35.1 Å². The SMILES string of the molecule is Nc1ccccc1NC(=O)CCCCCNC(=O)CSSCC(=O)NCCCCCC(=O)Nc1ccccc1N. The van der Waals surface area contributed by atoms with Gasteiger partial charge in [-0.25, -0.2) is 0 Å². The highest BCUT2D eigenvalue weighted by molar-refractivity contribution is 8.77. The Morgan fingerprint density at radius 1 is 0.550 bits per heavy atom. The van der Waals surface area contributed by atoms with Crippen molar-refractivity contribution >= 4 is 68.0 Å². The molecule has 0 atom stereocenters. The van der Waals surface area contributed by atoms with Crippen LogP contribution in [0.3, 0.4) is 0 Å². The fourth-order valence-corrected chi connectivity index (χ4v) is 5.30. The van der Waals surface area contributed by atoms with Gasteiger partial charge in [-0.2, -0.15) is 0 Å². The highest BCUT2D eigenvalue weighted by Gasteiger charge is 2.07. The Labute approximate surface area is 243 Å². The predicted molar refractivity (Wildman–Crippen MR) is 167 cm³/mol. The summed E-state index contributed by atoms with van der Waals surface area (Å²) in [7, 11) is 2.69. The number of benzene rings is 2. The minimum atomic E-state index is -0.0748. The lowest BCUT2D eigenvalue weighted by Gasteiger charge is -2.08. The molecule has 0 saturated heterocycles. The molecule has 0 unspecified atom stereocenters. The summed E-state index contributed by atoms with van der Waals surface area (Å²) in [4.78, 5) is 47.9. The fourth-order valence-electron chi connectivity index (χ4n) is 3.57. The minimum Gasteiger partial charge on any atom is -0.397 e. The number of rotatable bonds is 19. The number of unbranched alkanes of at least 4 members (excludes halogenated alkanes) is 4. The average molecular weight is 589 g/mol. The molecular formula is C28H40N6O4S2. The zero-order valence-corrected chi connectivity index (χ0v) is 24.3. The summed E-state index contributed by atoms with van der Waals surface area (Å²) in [6.07, 6.45) is 5.50. The summed E-state index contributed by atoms with van der Waals surface area (Å²) in [5, 5.41) is 11.3. The van der Waals surface area contributed by atoms with E-state index in [1.165, 1.54) is 21.6 Å². The summed E-state index contributed by atoms with van der Waals surface area (Å²) >= 11 is 0. The number of nitrogens with two attached hydrogens (primary N) is 2. The third kappa shape index (κ3) is 14.7. The monoisotopic (exact) mass is 588 g/mol. The van der Waals surface area contributed by atoms with E-state index in [0.717, 1.165) is 38.5 Å². The zero-order chi connectivity index (χ0) is 29.0. The van der Waals surface area contributed by atoms with E-state index < -0.39 is 0 Å². The van der Waals surface area contributed by atoms with Crippen molar-refractivity contribution in [2.24, 2.45) is 0 Å². The number of carbonyl (C=O) groups is 4. The molecule has 8 N–H and O–H groups in total. The lowest BCUT2D eigenvalue weighted by Crippen LogP contribution is -2.27. The van der Waals surface area contributed by atoms with E-state index >= 15 is 0 Å². The summed E-state index contributed by atoms with van der Waals surface area (Å²) in [6, 6.07) is 14.3. The molecule has 10 nitrogen and oxygen atoms in total. The molecule has 12 heteroatoms. The van der Waals surface area contributed by atoms with Crippen LogP contribution in [-0.2, 0) is 19.2 Å². The maximum absolute atomic E-state index is 12.0. The van der Waals surface area contributed by atoms with Crippen LogP contribution in [0.2, 0.25) is 0 Å². The van der Waals surface area contributed by atoms with Crippen LogP contribution < -0.4 is 32.7 Å². The van der Waals surface area contributed by atoms with E-state index in [1.807, 2.05) is 24.3 Å². The number of amides is 4. The zero-order valence-electron chi connectivity index (χ0n) is 22.7. The molecule has 0 fully saturated rings. The standard InChI is InChI=1S/C28H40N6O4S2/c29-21-11-5-7-13-23(21)33-25(35)15-3-1-9-17-31-27(37)19-39-40-20-28(38)32-18-10-2-4-16-26(36)34-24-14-8-6-12-22(24)30/h5-8,11-14H,1-4,9-10,15-20,29-30H2,(H,31,37)(H,32,38)(H,33,35)(H,34,36). The van der Waals surface area contributed by atoms with Gasteiger partial charge in [-0.3, -0.25) is 19.2 Å². The van der Waals surface area contributed by atoms with Gasteiger partial charge >= 0.3 is 0 Å². The first-order valence-electron chi connectivity index (χ1n) is 13.4. The predicted octanol–water partition coefficient (Wildman–Crippen LogP) is 4.16. The van der Waals surface area contributed by atoms with Gasteiger partial charge in [-0.05, 0) is 49.9 Å². The van der Waals surface area contributed by atoms with Gasteiger partial charge in [0.1, 0.15) is 0 Å². The van der Waals surface area contributed by atoms with Crippen LogP contribution in [0.4, 0.5) is 22.7 Å². The summed E-state index contributed by atoms with van der Waals surface area (Å²) < 4.78 is 0. The largest absolute Gasteiger partial charge is 0.397 e. The second-order valence-corrected chi connectivity index (χ2v) is 11.6. The maximum atomic E-state index is 12.0. The molecule has 218 valence electrons. The molecular weight excluding hydrogens is 548 g/mol. The molecule has 0 aliphatic rings. The van der Waals surface area contributed by atoms with E-state index in [0.29, 0.717) is 48.7 Å². The maximum Gasteiger partial charge on any atom is 0.230 e. The normalized spacial score (nSPS) is 10.5. The van der Waals surface area contributed by atoms with Gasteiger partial charge in [0.25, 0.3) is 0 Å². The molecule has 0 spiro atoms. The second kappa shape index (κ2) is 19.6. The fraction of sp³-hybridized carbons (Fsp3) is 0.429. The van der Waals surface area contributed by atoms with Crippen molar-refractivity contribution in [2.45, 2.75) is 51.4 Å². The van der Waals surface area contributed by atoms with Gasteiger partial charge in [-0.1, -0.05) is 58.7 Å². The van der Waals surface area contributed by atoms with Gasteiger partial charge in [-0.15, -0.1) is 0 Å². The Kier molecular flexibility index (Phi) is 16.1. The van der Waals surface area contributed by atoms with Gasteiger partial charge < -0.3 is 32.7 Å². The number of nitrogens with one attached hydrogen (secondary N) is 4. The van der Waals surface area contributed by atoms with Gasteiger partial charge in [0, 0.05) is 25.9 Å². The van der Waals surface area contributed by atoms with Crippen molar-refractivity contribution in [3.63, 3.8) is 0 Å². The van der Waals surface area contributed by atoms with Crippen LogP contribution in [0.25, 0.3) is 0 Å². The van der Waals surface area contributed by atoms with Crippen molar-refractivity contribution in [1.29, 1.82) is 0 Å². The third-order valence-corrected chi connectivity index (χ3v) is 7.87. The van der Waals surface area contributed by atoms with E-state index in [1.54, 1.807) is 24.3 Å². The Morgan fingerprint density at radius 2 is 0.950 bits per heavy atom. The van der Waals surface area contributed by atoms with Crippen LogP contribution in [-0.4, -0.2) is 48.2 Å². The number of para-hydroxylation sites is 4. The van der Waals surface area contributed by atoms with Gasteiger partial charge in [0.2, 0.25) is 23.6 Å². The Hall–Kier alpha value is -3.38. The van der Waals surface area contributed by atoms with Crippen molar-refractivity contribution in [1.82, 2.24) is 10.6 Å². The second-order valence-electron chi connectivity index (χ2n) is 9.12. The summed E-state index contributed by atoms with van der Waals surface area (Å²) in [6.45, 7) is 1.11. The minimum absolute atomic E-state index is 0.0747. The molecule has 0 aliphatic heterocycles. The molecule has 0 aliphatic carbocycles. The van der Waals surface area contributed by atoms with Crippen molar-refractivity contribution < 1.29 is 19.2 Å². The summed E-state index contributed by atoms with van der Waals surface area (Å²) in [5.74, 6) is 0.248. The average Bonchev–Trinajstić information content (AvgIpc) is 2.93. The number of hydrogen-bond acceptors (Lipinski definition) is 8. The topological polar surface area (TPSA) is 168 Å². The highest BCUT2D eigenvalue weighted by atomic mass is 33.1. The number of nitrogen functional groups attached to an aromatic ring is 2. The van der Waals surface area contributed by atoms with E-state index in [9.17, 15) is 19.2 Å². The molecule has 0 heterocycles. The smallest absolute Gasteiger partial charge is 0.230 e. The molecule has 2 aromatic carbocycles. The summed E-state index contributed by atoms with van der Waals surface area (Å²) in [5.41, 5.74) is 14.0. The quantitative estimate of drug-likeness (QED) is 0.0807. The number of carbonyl (C=O) groups excluding carboxylic acids is 4. The molecule has 0 bridgehead atoms. The molecule has 2 rings (SSSR count). The lowest BCUT2D eigenvalue weighted by atomic mass is 10.2. The van der Waals surface area contributed by atoms with Crippen molar-refractivity contribution in [2.75, 3.05) is 46.7 Å². The Morgan fingerprint density at radius 3 is 1.35 bits per heavy atom. The first kappa shape index (κ1) is 32.8. The first-order chi connectivity index (χ1) is 19.3. The molecule has 4 amide bonds. The highest BCUT2D eigenvalue weighted by Crippen LogP contribution is 2.20. The van der Waals surface area contributed by atoms with Crippen LogP contribution in [0, 0.1) is 0 Å². The van der Waals surface area contributed by atoms with Crippen LogP contribution >= 0.6 is 21.6 Å². The Balaban J connectivity index is 1.37. The molecule has 0 aromatic heterocycles. The lowest BCUT2D eigenvalue weighted by molar-refractivity contribution is -0.119. The van der Waals surface area contributed by atoms with Crippen molar-refractivity contribution in [3.05, 3.63) is 48.5 Å². The number of anilines is 4. The van der Waals surface area contributed by atoms with Crippen LogP contribution in [0.1, 0.15) is 51.4 Å². The van der Waals surface area contributed by atoms with E-state index in [2.05, 4.69) is 21.3 Å². The van der Waals surface area contributed by atoms with Gasteiger partial charge in [0.05, 0.1) is 34.3 Å². The van der Waals surface area contributed by atoms with Crippen LogP contribution in [0.15, 0.2) is 48.5 Å². The number of hydrogen-bond donors (Lipinski definition) is 6. The Bertz CT molecular complexity index is 1020. The first-order valence-corrected chi connectivity index (χ1v) is 15.9.